The first-order valence-electron chi connectivity index (χ1n) is 6.00. The predicted molar refractivity (Wildman–Crippen MR) is 75.2 cm³/mol. The Bertz CT molecular complexity index is 692. The van der Waals surface area contributed by atoms with Crippen LogP contribution in [0.1, 0.15) is 16.2 Å². The molecule has 0 aliphatic heterocycles. The Kier molecular flexibility index (Phi) is 3.56. The van der Waals surface area contributed by atoms with Crippen molar-refractivity contribution in [3.8, 4) is 10.7 Å². The summed E-state index contributed by atoms with van der Waals surface area (Å²) in [5.41, 5.74) is 1.64. The SMILES string of the molecule is O=C(NCc1csc(-c2ccccn2)n1)c1ccco1. The molecule has 0 fully saturated rings. The molecule has 5 nitrogen and oxygen atoms in total. The van der Waals surface area contributed by atoms with Gasteiger partial charge in [0, 0.05) is 11.6 Å². The van der Waals surface area contributed by atoms with Gasteiger partial charge in [0.1, 0.15) is 5.01 Å². The Morgan fingerprint density at radius 3 is 3.00 bits per heavy atom. The molecule has 6 heteroatoms. The summed E-state index contributed by atoms with van der Waals surface area (Å²) in [5.74, 6) is 0.0487. The molecule has 0 bridgehead atoms. The third kappa shape index (κ3) is 2.75. The molecule has 0 atom stereocenters. The van der Waals surface area contributed by atoms with Gasteiger partial charge in [-0.1, -0.05) is 6.07 Å². The lowest BCUT2D eigenvalue weighted by atomic mass is 10.3. The summed E-state index contributed by atoms with van der Waals surface area (Å²) in [6, 6.07) is 8.99. The van der Waals surface area contributed by atoms with Gasteiger partial charge < -0.3 is 9.73 Å². The zero-order valence-electron chi connectivity index (χ0n) is 10.4. The maximum atomic E-state index is 11.7. The molecule has 0 aliphatic rings. The van der Waals surface area contributed by atoms with Crippen LogP contribution in [-0.4, -0.2) is 15.9 Å². The number of carbonyl (C=O) groups excluding carboxylic acids is 1. The predicted octanol–water partition coefficient (Wildman–Crippen LogP) is 2.73. The molecular weight excluding hydrogens is 274 g/mol. The molecule has 3 aromatic heterocycles. The molecule has 3 heterocycles. The normalized spacial score (nSPS) is 10.4. The van der Waals surface area contributed by atoms with Crippen LogP contribution in [0.4, 0.5) is 0 Å². The molecule has 0 radical (unpaired) electrons. The summed E-state index contributed by atoms with van der Waals surface area (Å²) in [6.07, 6.45) is 3.20. The Balaban J connectivity index is 1.65. The molecule has 0 aliphatic carbocycles. The van der Waals surface area contributed by atoms with Crippen LogP contribution in [0.25, 0.3) is 10.7 Å². The monoisotopic (exact) mass is 285 g/mol. The standard InChI is InChI=1S/C14H11N3O2S/c18-13(12-5-3-7-19-12)16-8-10-9-20-14(17-10)11-4-1-2-6-15-11/h1-7,9H,8H2,(H,16,18). The number of carbonyl (C=O) groups is 1. The maximum absolute atomic E-state index is 11.7. The van der Waals surface area contributed by atoms with E-state index in [9.17, 15) is 4.79 Å². The number of hydrogen-bond acceptors (Lipinski definition) is 5. The van der Waals surface area contributed by atoms with Crippen LogP contribution in [0.5, 0.6) is 0 Å². The van der Waals surface area contributed by atoms with E-state index in [1.165, 1.54) is 17.6 Å². The lowest BCUT2D eigenvalue weighted by Gasteiger charge is -1.99. The van der Waals surface area contributed by atoms with Gasteiger partial charge in [-0.2, -0.15) is 0 Å². The summed E-state index contributed by atoms with van der Waals surface area (Å²) in [7, 11) is 0. The van der Waals surface area contributed by atoms with Crippen molar-refractivity contribution in [1.29, 1.82) is 0 Å². The zero-order chi connectivity index (χ0) is 13.8. The quantitative estimate of drug-likeness (QED) is 0.800. The third-order valence-electron chi connectivity index (χ3n) is 2.61. The Morgan fingerprint density at radius 2 is 2.25 bits per heavy atom. The summed E-state index contributed by atoms with van der Waals surface area (Å²) in [6.45, 7) is 0.364. The summed E-state index contributed by atoms with van der Waals surface area (Å²) < 4.78 is 5.02. The van der Waals surface area contributed by atoms with Gasteiger partial charge in [-0.25, -0.2) is 4.98 Å². The highest BCUT2D eigenvalue weighted by Crippen LogP contribution is 2.21. The summed E-state index contributed by atoms with van der Waals surface area (Å²) in [4.78, 5) is 20.4. The first-order valence-corrected chi connectivity index (χ1v) is 6.88. The van der Waals surface area contributed by atoms with E-state index >= 15 is 0 Å². The van der Waals surface area contributed by atoms with Gasteiger partial charge in [-0.05, 0) is 24.3 Å². The van der Waals surface area contributed by atoms with Crippen molar-refractivity contribution in [2.45, 2.75) is 6.54 Å². The molecule has 20 heavy (non-hydrogen) atoms. The topological polar surface area (TPSA) is 68.0 Å². The van der Waals surface area contributed by atoms with Crippen molar-refractivity contribution in [1.82, 2.24) is 15.3 Å². The Morgan fingerprint density at radius 1 is 1.30 bits per heavy atom. The third-order valence-corrected chi connectivity index (χ3v) is 3.52. The highest BCUT2D eigenvalue weighted by atomic mass is 32.1. The molecule has 100 valence electrons. The number of furan rings is 1. The molecule has 3 rings (SSSR count). The van der Waals surface area contributed by atoms with Gasteiger partial charge in [-0.3, -0.25) is 9.78 Å². The van der Waals surface area contributed by atoms with Crippen molar-refractivity contribution in [2.75, 3.05) is 0 Å². The van der Waals surface area contributed by atoms with Gasteiger partial charge in [0.25, 0.3) is 5.91 Å². The summed E-state index contributed by atoms with van der Waals surface area (Å²) in [5, 5.41) is 5.51. The first-order chi connectivity index (χ1) is 9.83. The van der Waals surface area contributed by atoms with Gasteiger partial charge in [-0.15, -0.1) is 11.3 Å². The average molecular weight is 285 g/mol. The van der Waals surface area contributed by atoms with Crippen LogP contribution in [0, 0.1) is 0 Å². The number of hydrogen-bond donors (Lipinski definition) is 1. The average Bonchev–Trinajstić information content (AvgIpc) is 3.17. The van der Waals surface area contributed by atoms with Gasteiger partial charge >= 0.3 is 0 Å². The second-order valence-electron chi connectivity index (χ2n) is 4.02. The van der Waals surface area contributed by atoms with E-state index in [-0.39, 0.29) is 5.91 Å². The fraction of sp³-hybridized carbons (Fsp3) is 0.0714. The largest absolute Gasteiger partial charge is 0.459 e. The van der Waals surface area contributed by atoms with E-state index in [4.69, 9.17) is 4.42 Å². The van der Waals surface area contributed by atoms with Crippen molar-refractivity contribution >= 4 is 17.2 Å². The van der Waals surface area contributed by atoms with E-state index in [2.05, 4.69) is 15.3 Å². The van der Waals surface area contributed by atoms with E-state index < -0.39 is 0 Å². The van der Waals surface area contributed by atoms with Gasteiger partial charge in [0.2, 0.25) is 0 Å². The molecule has 0 saturated heterocycles. The maximum Gasteiger partial charge on any atom is 0.287 e. The van der Waals surface area contributed by atoms with E-state index in [1.807, 2.05) is 23.6 Å². The molecule has 0 unspecified atom stereocenters. The van der Waals surface area contributed by atoms with Gasteiger partial charge in [0.15, 0.2) is 5.76 Å². The van der Waals surface area contributed by atoms with Crippen molar-refractivity contribution in [3.63, 3.8) is 0 Å². The fourth-order valence-corrected chi connectivity index (χ4v) is 2.46. The summed E-state index contributed by atoms with van der Waals surface area (Å²) >= 11 is 1.50. The number of rotatable bonds is 4. The van der Waals surface area contributed by atoms with Gasteiger partial charge in [0.05, 0.1) is 24.2 Å². The second-order valence-corrected chi connectivity index (χ2v) is 4.88. The minimum Gasteiger partial charge on any atom is -0.459 e. The molecule has 1 N–H and O–H groups in total. The van der Waals surface area contributed by atoms with Crippen molar-refractivity contribution < 1.29 is 9.21 Å². The highest BCUT2D eigenvalue weighted by molar-refractivity contribution is 7.13. The molecule has 0 spiro atoms. The highest BCUT2D eigenvalue weighted by Gasteiger charge is 2.10. The lowest BCUT2D eigenvalue weighted by molar-refractivity contribution is 0.0922. The number of nitrogens with zero attached hydrogens (tertiary/aromatic N) is 2. The van der Waals surface area contributed by atoms with Crippen LogP contribution in [0.15, 0.2) is 52.6 Å². The van der Waals surface area contributed by atoms with E-state index in [0.29, 0.717) is 12.3 Å². The number of amides is 1. The van der Waals surface area contributed by atoms with E-state index in [0.717, 1.165) is 16.4 Å². The molecule has 1 amide bonds. The van der Waals surface area contributed by atoms with Crippen LogP contribution in [0.3, 0.4) is 0 Å². The van der Waals surface area contributed by atoms with Crippen molar-refractivity contribution in [2.24, 2.45) is 0 Å². The second kappa shape index (κ2) is 5.66. The lowest BCUT2D eigenvalue weighted by Crippen LogP contribution is -2.22. The minimum absolute atomic E-state index is 0.248. The Labute approximate surface area is 119 Å². The molecule has 0 aromatic carbocycles. The number of aromatic nitrogens is 2. The number of nitrogens with one attached hydrogen (secondary N) is 1. The van der Waals surface area contributed by atoms with Crippen molar-refractivity contribution in [3.05, 3.63) is 59.6 Å². The van der Waals surface area contributed by atoms with Crippen LogP contribution >= 0.6 is 11.3 Å². The smallest absolute Gasteiger partial charge is 0.287 e. The van der Waals surface area contributed by atoms with Crippen LogP contribution in [-0.2, 0) is 6.54 Å². The molecule has 3 aromatic rings. The minimum atomic E-state index is -0.248. The number of pyridine rings is 1. The first kappa shape index (κ1) is 12.6. The molecule has 0 saturated carbocycles. The van der Waals surface area contributed by atoms with Crippen LogP contribution in [0.2, 0.25) is 0 Å². The fourth-order valence-electron chi connectivity index (χ4n) is 1.66. The van der Waals surface area contributed by atoms with Crippen LogP contribution < -0.4 is 5.32 Å². The Hall–Kier alpha value is -2.47. The van der Waals surface area contributed by atoms with E-state index in [1.54, 1.807) is 18.3 Å². The number of thiazole rings is 1. The molecular formula is C14H11N3O2S. The zero-order valence-corrected chi connectivity index (χ0v) is 11.3.